The first kappa shape index (κ1) is 16.1. The van der Waals surface area contributed by atoms with Crippen LogP contribution in [0.3, 0.4) is 0 Å². The zero-order valence-corrected chi connectivity index (χ0v) is 13.4. The summed E-state index contributed by atoms with van der Waals surface area (Å²) in [5.74, 6) is -0.0215. The summed E-state index contributed by atoms with van der Waals surface area (Å²) < 4.78 is 4.93. The number of amides is 2. The van der Waals surface area contributed by atoms with Crippen molar-refractivity contribution < 1.29 is 14.3 Å². The molecule has 8 heteroatoms. The van der Waals surface area contributed by atoms with E-state index in [1.54, 1.807) is 19.3 Å². The number of carbonyl (C=O) groups excluding carboxylic acids is 2. The Bertz CT molecular complexity index is 701. The predicted octanol–water partition coefficient (Wildman–Crippen LogP) is 0.463. The van der Waals surface area contributed by atoms with Gasteiger partial charge in [0, 0.05) is 37.6 Å². The topological polar surface area (TPSA) is 101 Å². The van der Waals surface area contributed by atoms with E-state index in [1.165, 1.54) is 0 Å². The van der Waals surface area contributed by atoms with E-state index in [9.17, 15) is 9.59 Å². The number of pyridine rings is 1. The van der Waals surface area contributed by atoms with Gasteiger partial charge in [0.15, 0.2) is 0 Å². The number of imide groups is 1. The molecule has 2 N–H and O–H groups in total. The second-order valence-corrected chi connectivity index (χ2v) is 5.41. The average Bonchev–Trinajstić information content (AvgIpc) is 2.73. The largest absolute Gasteiger partial charge is 0.449 e. The summed E-state index contributed by atoms with van der Waals surface area (Å²) in [6.45, 7) is 3.17. The SMILES string of the molecule is CCOC(=O)N1CCN2CC=C(c3ccncc3)N=C2C(N)C1=O. The fourth-order valence-electron chi connectivity index (χ4n) is 2.70. The van der Waals surface area contributed by atoms with Gasteiger partial charge in [-0.1, -0.05) is 0 Å². The molecule has 1 atom stereocenters. The highest BCUT2D eigenvalue weighted by Crippen LogP contribution is 2.22. The molecule has 0 saturated carbocycles. The van der Waals surface area contributed by atoms with Crippen LogP contribution in [0.5, 0.6) is 0 Å². The molecule has 0 aliphatic carbocycles. The van der Waals surface area contributed by atoms with Crippen molar-refractivity contribution in [1.29, 1.82) is 0 Å². The minimum Gasteiger partial charge on any atom is -0.449 e. The lowest BCUT2D eigenvalue weighted by atomic mass is 10.1. The van der Waals surface area contributed by atoms with E-state index < -0.39 is 18.0 Å². The summed E-state index contributed by atoms with van der Waals surface area (Å²) in [4.78, 5) is 36.0. The van der Waals surface area contributed by atoms with Gasteiger partial charge in [0.1, 0.15) is 11.9 Å². The van der Waals surface area contributed by atoms with E-state index in [0.717, 1.165) is 16.2 Å². The summed E-state index contributed by atoms with van der Waals surface area (Å²) in [5.41, 5.74) is 7.74. The maximum Gasteiger partial charge on any atom is 0.416 e. The van der Waals surface area contributed by atoms with Crippen LogP contribution < -0.4 is 5.73 Å². The van der Waals surface area contributed by atoms with Crippen molar-refractivity contribution in [3.63, 3.8) is 0 Å². The smallest absolute Gasteiger partial charge is 0.416 e. The molecular weight excluding hydrogens is 310 g/mol. The van der Waals surface area contributed by atoms with Crippen LogP contribution in [0.25, 0.3) is 5.70 Å². The molecule has 0 spiro atoms. The standard InChI is InChI=1S/C16H19N5O3/c1-2-24-16(23)21-10-9-20-8-5-12(11-3-6-18-7-4-11)19-14(20)13(17)15(21)22/h3-7,13H,2,8-10,17H2,1H3. The number of aromatic nitrogens is 1. The highest BCUT2D eigenvalue weighted by atomic mass is 16.6. The molecule has 1 aromatic rings. The Kier molecular flexibility index (Phi) is 4.57. The summed E-state index contributed by atoms with van der Waals surface area (Å²) in [7, 11) is 0. The van der Waals surface area contributed by atoms with E-state index in [0.29, 0.717) is 18.9 Å². The number of fused-ring (bicyclic) bond motifs is 1. The van der Waals surface area contributed by atoms with Crippen molar-refractivity contribution in [3.8, 4) is 0 Å². The van der Waals surface area contributed by atoms with Crippen molar-refractivity contribution in [3.05, 3.63) is 36.2 Å². The highest BCUT2D eigenvalue weighted by Gasteiger charge is 2.37. The van der Waals surface area contributed by atoms with Gasteiger partial charge in [-0.05, 0) is 25.1 Å². The molecule has 1 aromatic heterocycles. The number of aliphatic imine (C=N–C) groups is 1. The maximum absolute atomic E-state index is 12.5. The van der Waals surface area contributed by atoms with Gasteiger partial charge < -0.3 is 15.4 Å². The first-order valence-electron chi connectivity index (χ1n) is 7.79. The Morgan fingerprint density at radius 1 is 1.38 bits per heavy atom. The number of ether oxygens (including phenoxy) is 1. The maximum atomic E-state index is 12.5. The lowest BCUT2D eigenvalue weighted by Gasteiger charge is -2.28. The molecule has 8 nitrogen and oxygen atoms in total. The normalized spacial score (nSPS) is 20.8. The van der Waals surface area contributed by atoms with Gasteiger partial charge in [-0.2, -0.15) is 0 Å². The van der Waals surface area contributed by atoms with E-state index in [-0.39, 0.29) is 13.2 Å². The van der Waals surface area contributed by atoms with Crippen molar-refractivity contribution in [2.45, 2.75) is 13.0 Å². The molecule has 2 aliphatic heterocycles. The second kappa shape index (κ2) is 6.79. The Hall–Kier alpha value is -2.74. The average molecular weight is 329 g/mol. The molecule has 1 unspecified atom stereocenters. The lowest BCUT2D eigenvalue weighted by Crippen LogP contribution is -2.51. The van der Waals surface area contributed by atoms with Crippen LogP contribution in [0, 0.1) is 0 Å². The number of nitrogens with zero attached hydrogens (tertiary/aromatic N) is 4. The van der Waals surface area contributed by atoms with Gasteiger partial charge >= 0.3 is 6.09 Å². The molecule has 2 aliphatic rings. The third kappa shape index (κ3) is 3.00. The number of amidine groups is 1. The van der Waals surface area contributed by atoms with Crippen LogP contribution in [0.2, 0.25) is 0 Å². The molecule has 1 saturated heterocycles. The molecule has 3 rings (SSSR count). The zero-order chi connectivity index (χ0) is 17.1. The quantitative estimate of drug-likeness (QED) is 0.846. The molecule has 1 fully saturated rings. The van der Waals surface area contributed by atoms with Crippen LogP contribution >= 0.6 is 0 Å². The lowest BCUT2D eigenvalue weighted by molar-refractivity contribution is -0.128. The third-order valence-corrected chi connectivity index (χ3v) is 3.93. The summed E-state index contributed by atoms with van der Waals surface area (Å²) in [5, 5.41) is 0. The number of rotatable bonds is 2. The molecule has 126 valence electrons. The zero-order valence-electron chi connectivity index (χ0n) is 13.4. The minimum absolute atomic E-state index is 0.205. The van der Waals surface area contributed by atoms with E-state index in [2.05, 4.69) is 9.98 Å². The Morgan fingerprint density at radius 3 is 2.83 bits per heavy atom. The Labute approximate surface area is 139 Å². The van der Waals surface area contributed by atoms with Crippen LogP contribution in [0.1, 0.15) is 12.5 Å². The molecule has 2 amide bonds. The van der Waals surface area contributed by atoms with Crippen molar-refractivity contribution in [1.82, 2.24) is 14.8 Å². The van der Waals surface area contributed by atoms with Gasteiger partial charge in [-0.15, -0.1) is 0 Å². The summed E-state index contributed by atoms with van der Waals surface area (Å²) >= 11 is 0. The fourth-order valence-corrected chi connectivity index (χ4v) is 2.70. The monoisotopic (exact) mass is 329 g/mol. The molecule has 24 heavy (non-hydrogen) atoms. The minimum atomic E-state index is -0.998. The summed E-state index contributed by atoms with van der Waals surface area (Å²) in [6, 6.07) is 2.70. The molecule has 0 radical (unpaired) electrons. The number of hydrogen-bond acceptors (Lipinski definition) is 7. The first-order chi connectivity index (χ1) is 11.6. The molecule has 3 heterocycles. The number of hydrogen-bond donors (Lipinski definition) is 1. The van der Waals surface area contributed by atoms with E-state index >= 15 is 0 Å². The van der Waals surface area contributed by atoms with Crippen molar-refractivity contribution in [2.24, 2.45) is 10.7 Å². The second-order valence-electron chi connectivity index (χ2n) is 5.41. The van der Waals surface area contributed by atoms with E-state index in [1.807, 2.05) is 23.1 Å². The summed E-state index contributed by atoms with van der Waals surface area (Å²) in [6.07, 6.45) is 4.67. The third-order valence-electron chi connectivity index (χ3n) is 3.93. The van der Waals surface area contributed by atoms with Crippen molar-refractivity contribution >= 4 is 23.5 Å². The number of nitrogens with two attached hydrogens (primary N) is 1. The van der Waals surface area contributed by atoms with Crippen LogP contribution in [0.15, 0.2) is 35.6 Å². The Balaban J connectivity index is 1.87. The molecule has 0 aromatic carbocycles. The van der Waals surface area contributed by atoms with Crippen molar-refractivity contribution in [2.75, 3.05) is 26.2 Å². The van der Waals surface area contributed by atoms with Gasteiger partial charge in [0.25, 0.3) is 5.91 Å². The predicted molar refractivity (Wildman–Crippen MR) is 87.9 cm³/mol. The Morgan fingerprint density at radius 2 is 2.12 bits per heavy atom. The van der Waals surface area contributed by atoms with Crippen LogP contribution in [0.4, 0.5) is 4.79 Å². The van der Waals surface area contributed by atoms with Gasteiger partial charge in [0.2, 0.25) is 0 Å². The molecule has 0 bridgehead atoms. The van der Waals surface area contributed by atoms with Crippen LogP contribution in [-0.4, -0.2) is 64.9 Å². The fraction of sp³-hybridized carbons (Fsp3) is 0.375. The number of carbonyl (C=O) groups is 2. The highest BCUT2D eigenvalue weighted by molar-refractivity contribution is 6.12. The van der Waals surface area contributed by atoms with E-state index in [4.69, 9.17) is 10.5 Å². The van der Waals surface area contributed by atoms with Gasteiger partial charge in [-0.25, -0.2) is 14.7 Å². The van der Waals surface area contributed by atoms with Gasteiger partial charge in [0.05, 0.1) is 12.3 Å². The molecular formula is C16H19N5O3. The van der Waals surface area contributed by atoms with Gasteiger partial charge in [-0.3, -0.25) is 9.78 Å². The van der Waals surface area contributed by atoms with Crippen LogP contribution in [-0.2, 0) is 9.53 Å². The first-order valence-corrected chi connectivity index (χ1v) is 7.79.